The van der Waals surface area contributed by atoms with Crippen molar-refractivity contribution in [1.29, 1.82) is 0 Å². The molecule has 0 bridgehead atoms. The molecule has 0 radical (unpaired) electrons. The summed E-state index contributed by atoms with van der Waals surface area (Å²) in [7, 11) is 1.76. The van der Waals surface area contributed by atoms with E-state index in [2.05, 4.69) is 22.3 Å². The summed E-state index contributed by atoms with van der Waals surface area (Å²) in [6.45, 7) is 0. The third-order valence-corrected chi connectivity index (χ3v) is 6.83. The van der Waals surface area contributed by atoms with Crippen molar-refractivity contribution in [2.45, 2.75) is 24.8 Å². The number of aryl methyl sites for hydroxylation is 1. The number of H-pyrrole nitrogens is 1. The Hall–Kier alpha value is -3.90. The van der Waals surface area contributed by atoms with Crippen LogP contribution in [0.2, 0.25) is 0 Å². The molecule has 2 aromatic carbocycles. The van der Waals surface area contributed by atoms with E-state index in [9.17, 15) is 4.79 Å². The fraction of sp³-hybridized carbons (Fsp3) is 0.185. The van der Waals surface area contributed by atoms with Gasteiger partial charge in [-0.1, -0.05) is 54.6 Å². The SMILES string of the molecule is Cn1cc(-c2ccn[nH]2)c2oc(-c3ccc(C4(N)CCC4)cc3)c(-c3ccccc3)c2c1=O. The Morgan fingerprint density at radius 1 is 1.03 bits per heavy atom. The van der Waals surface area contributed by atoms with E-state index in [1.807, 2.05) is 48.5 Å². The monoisotopic (exact) mass is 436 g/mol. The summed E-state index contributed by atoms with van der Waals surface area (Å²) in [4.78, 5) is 13.4. The van der Waals surface area contributed by atoms with Crippen LogP contribution in [0.4, 0.5) is 0 Å². The van der Waals surface area contributed by atoms with Gasteiger partial charge in [-0.2, -0.15) is 5.10 Å². The van der Waals surface area contributed by atoms with E-state index < -0.39 is 0 Å². The van der Waals surface area contributed by atoms with Crippen molar-refractivity contribution >= 4 is 11.0 Å². The summed E-state index contributed by atoms with van der Waals surface area (Å²) in [6.07, 6.45) is 6.67. The highest BCUT2D eigenvalue weighted by molar-refractivity contribution is 6.05. The van der Waals surface area contributed by atoms with Crippen LogP contribution in [0, 0.1) is 0 Å². The summed E-state index contributed by atoms with van der Waals surface area (Å²) in [6, 6.07) is 20.1. The molecule has 1 fully saturated rings. The van der Waals surface area contributed by atoms with Gasteiger partial charge in [-0.3, -0.25) is 9.89 Å². The molecule has 1 saturated carbocycles. The first-order chi connectivity index (χ1) is 16.0. The lowest BCUT2D eigenvalue weighted by molar-refractivity contribution is 0.253. The van der Waals surface area contributed by atoms with Crippen molar-refractivity contribution in [1.82, 2.24) is 14.8 Å². The molecular weight excluding hydrogens is 412 g/mol. The molecule has 5 aromatic rings. The molecule has 6 rings (SSSR count). The zero-order valence-electron chi connectivity index (χ0n) is 18.3. The number of aromatic nitrogens is 3. The summed E-state index contributed by atoms with van der Waals surface area (Å²) < 4.78 is 8.10. The molecule has 6 heteroatoms. The Balaban J connectivity index is 1.64. The fourth-order valence-electron chi connectivity index (χ4n) is 4.79. The first-order valence-electron chi connectivity index (χ1n) is 11.2. The molecule has 0 aliphatic heterocycles. The standard InChI is InChI=1S/C27H24N4O2/c1-31-16-20(21-12-15-29-30-21)25-23(26(31)32)22(17-6-3-2-4-7-17)24(33-25)18-8-10-19(11-9-18)27(28)13-5-14-27/h2-4,6-12,15-16H,5,13-14,28H2,1H3,(H,29,30). The highest BCUT2D eigenvalue weighted by atomic mass is 16.3. The minimum atomic E-state index is -0.224. The lowest BCUT2D eigenvalue weighted by Crippen LogP contribution is -2.43. The predicted molar refractivity (Wildman–Crippen MR) is 130 cm³/mol. The number of fused-ring (bicyclic) bond motifs is 1. The number of nitrogens with one attached hydrogen (secondary N) is 1. The Morgan fingerprint density at radius 2 is 1.79 bits per heavy atom. The van der Waals surface area contributed by atoms with Gasteiger partial charge in [0.2, 0.25) is 0 Å². The van der Waals surface area contributed by atoms with Crippen molar-refractivity contribution in [3.05, 3.63) is 89.0 Å². The second-order valence-electron chi connectivity index (χ2n) is 8.89. The van der Waals surface area contributed by atoms with Gasteiger partial charge in [0.1, 0.15) is 5.76 Å². The molecule has 164 valence electrons. The van der Waals surface area contributed by atoms with Crippen LogP contribution in [0.1, 0.15) is 24.8 Å². The van der Waals surface area contributed by atoms with E-state index in [1.54, 1.807) is 24.0 Å². The van der Waals surface area contributed by atoms with Crippen LogP contribution in [0.15, 0.2) is 82.3 Å². The quantitative estimate of drug-likeness (QED) is 0.405. The van der Waals surface area contributed by atoms with Crippen LogP contribution in [0.25, 0.3) is 44.7 Å². The number of nitrogens with zero attached hydrogens (tertiary/aromatic N) is 2. The van der Waals surface area contributed by atoms with Crippen LogP contribution >= 0.6 is 0 Å². The summed E-state index contributed by atoms with van der Waals surface area (Å²) >= 11 is 0. The summed E-state index contributed by atoms with van der Waals surface area (Å²) in [5.41, 5.74) is 12.1. The largest absolute Gasteiger partial charge is 0.454 e. The Kier molecular flexibility index (Phi) is 4.38. The van der Waals surface area contributed by atoms with Crippen LogP contribution in [-0.4, -0.2) is 14.8 Å². The van der Waals surface area contributed by atoms with Crippen molar-refractivity contribution in [3.8, 4) is 33.7 Å². The van der Waals surface area contributed by atoms with Gasteiger partial charge in [-0.05, 0) is 36.5 Å². The Morgan fingerprint density at radius 3 is 2.42 bits per heavy atom. The van der Waals surface area contributed by atoms with Gasteiger partial charge in [0.05, 0.1) is 16.6 Å². The van der Waals surface area contributed by atoms with Gasteiger partial charge >= 0.3 is 0 Å². The number of pyridine rings is 1. The number of hydrogen-bond acceptors (Lipinski definition) is 4. The maximum atomic E-state index is 13.4. The minimum absolute atomic E-state index is 0.103. The Bertz CT molecular complexity index is 1510. The second kappa shape index (κ2) is 7.32. The van der Waals surface area contributed by atoms with E-state index in [0.29, 0.717) is 16.7 Å². The second-order valence-corrected chi connectivity index (χ2v) is 8.89. The number of aromatic amines is 1. The molecule has 0 amide bonds. The predicted octanol–water partition coefficient (Wildman–Crippen LogP) is 5.19. The number of furan rings is 1. The first-order valence-corrected chi connectivity index (χ1v) is 11.2. The lowest BCUT2D eigenvalue weighted by atomic mass is 9.72. The van der Waals surface area contributed by atoms with E-state index in [4.69, 9.17) is 10.2 Å². The third-order valence-electron chi connectivity index (χ3n) is 6.83. The van der Waals surface area contributed by atoms with Gasteiger partial charge in [0, 0.05) is 36.1 Å². The number of nitrogens with two attached hydrogens (primary N) is 1. The van der Waals surface area contributed by atoms with E-state index in [-0.39, 0.29) is 11.1 Å². The molecule has 6 nitrogen and oxygen atoms in total. The normalized spacial score (nSPS) is 15.0. The maximum absolute atomic E-state index is 13.4. The Labute approximate surface area is 190 Å². The van der Waals surface area contributed by atoms with Gasteiger partial charge in [-0.25, -0.2) is 0 Å². The smallest absolute Gasteiger partial charge is 0.262 e. The topological polar surface area (TPSA) is 89.8 Å². The zero-order valence-corrected chi connectivity index (χ0v) is 18.3. The summed E-state index contributed by atoms with van der Waals surface area (Å²) in [5.74, 6) is 0.673. The van der Waals surface area contributed by atoms with Gasteiger partial charge < -0.3 is 14.7 Å². The van der Waals surface area contributed by atoms with Crippen molar-refractivity contribution in [3.63, 3.8) is 0 Å². The van der Waals surface area contributed by atoms with Crippen LogP contribution < -0.4 is 11.3 Å². The molecule has 0 atom stereocenters. The van der Waals surface area contributed by atoms with E-state index in [0.717, 1.165) is 46.4 Å². The number of benzene rings is 2. The lowest BCUT2D eigenvalue weighted by Gasteiger charge is -2.38. The average Bonchev–Trinajstić information content (AvgIpc) is 3.49. The van der Waals surface area contributed by atoms with E-state index in [1.165, 1.54) is 6.42 Å². The van der Waals surface area contributed by atoms with Crippen LogP contribution in [0.5, 0.6) is 0 Å². The number of rotatable bonds is 4. The first kappa shape index (κ1) is 19.8. The number of hydrogen-bond donors (Lipinski definition) is 2. The van der Waals surface area contributed by atoms with Crippen LogP contribution in [-0.2, 0) is 12.6 Å². The zero-order chi connectivity index (χ0) is 22.6. The highest BCUT2D eigenvalue weighted by Gasteiger charge is 2.34. The fourth-order valence-corrected chi connectivity index (χ4v) is 4.79. The van der Waals surface area contributed by atoms with Crippen molar-refractivity contribution in [2.24, 2.45) is 12.8 Å². The van der Waals surface area contributed by atoms with Crippen molar-refractivity contribution < 1.29 is 4.42 Å². The van der Waals surface area contributed by atoms with Crippen molar-refractivity contribution in [2.75, 3.05) is 0 Å². The molecule has 1 aliphatic rings. The molecule has 0 saturated heterocycles. The molecular formula is C27H24N4O2. The highest BCUT2D eigenvalue weighted by Crippen LogP contribution is 2.43. The summed E-state index contributed by atoms with van der Waals surface area (Å²) in [5, 5.41) is 7.64. The average molecular weight is 437 g/mol. The van der Waals surface area contributed by atoms with Gasteiger partial charge in [-0.15, -0.1) is 0 Å². The van der Waals surface area contributed by atoms with E-state index >= 15 is 0 Å². The molecule has 3 aromatic heterocycles. The minimum Gasteiger partial charge on any atom is -0.454 e. The van der Waals surface area contributed by atoms with Crippen LogP contribution in [0.3, 0.4) is 0 Å². The molecule has 1 aliphatic carbocycles. The molecule has 3 N–H and O–H groups in total. The molecule has 3 heterocycles. The van der Waals surface area contributed by atoms with Gasteiger partial charge in [0.15, 0.2) is 5.58 Å². The third kappa shape index (κ3) is 3.06. The molecule has 33 heavy (non-hydrogen) atoms. The van der Waals surface area contributed by atoms with Gasteiger partial charge in [0.25, 0.3) is 5.56 Å². The maximum Gasteiger partial charge on any atom is 0.262 e. The molecule has 0 spiro atoms. The molecule has 0 unspecified atom stereocenters.